The van der Waals surface area contributed by atoms with E-state index in [-0.39, 0.29) is 0 Å². The van der Waals surface area contributed by atoms with Crippen molar-refractivity contribution in [2.75, 3.05) is 18.1 Å². The molecule has 0 saturated carbocycles. The summed E-state index contributed by atoms with van der Waals surface area (Å²) in [4.78, 5) is 0. The van der Waals surface area contributed by atoms with E-state index in [1.165, 1.54) is 11.1 Å². The molecule has 0 radical (unpaired) electrons. The highest BCUT2D eigenvalue weighted by Gasteiger charge is 2.07. The molecule has 1 aromatic rings. The first-order chi connectivity index (χ1) is 7.69. The van der Waals surface area contributed by atoms with Crippen LogP contribution in [0.2, 0.25) is 0 Å². The monoisotopic (exact) mass is 366 g/mol. The van der Waals surface area contributed by atoms with Crippen molar-refractivity contribution >= 4 is 43.6 Å². The maximum absolute atomic E-state index is 5.84. The fourth-order valence-corrected chi connectivity index (χ4v) is 2.98. The molecule has 0 unspecified atom stereocenters. The molecule has 0 aliphatic carbocycles. The van der Waals surface area contributed by atoms with Gasteiger partial charge in [0.25, 0.3) is 0 Å². The van der Waals surface area contributed by atoms with Gasteiger partial charge in [-0.05, 0) is 30.4 Å². The summed E-state index contributed by atoms with van der Waals surface area (Å²) in [5.41, 5.74) is 2.39. The highest BCUT2D eigenvalue weighted by molar-refractivity contribution is 9.10. The summed E-state index contributed by atoms with van der Waals surface area (Å²) in [7, 11) is 0. The molecular formula is C12H16Br2OS. The van der Waals surface area contributed by atoms with Crippen LogP contribution in [0.4, 0.5) is 0 Å². The number of hydrogen-bond donors (Lipinski definition) is 0. The molecule has 1 nitrogen and oxygen atoms in total. The van der Waals surface area contributed by atoms with Gasteiger partial charge in [-0.3, -0.25) is 0 Å². The molecule has 1 rings (SSSR count). The van der Waals surface area contributed by atoms with Crippen molar-refractivity contribution in [3.63, 3.8) is 0 Å². The Balaban J connectivity index is 2.70. The maximum atomic E-state index is 5.84. The van der Waals surface area contributed by atoms with Crippen LogP contribution in [0.25, 0.3) is 0 Å². The molecule has 4 heteroatoms. The third-order valence-corrected chi connectivity index (χ3v) is 4.06. The third kappa shape index (κ3) is 4.30. The second-order valence-corrected chi connectivity index (χ2v) is 6.26. The Morgan fingerprint density at radius 1 is 1.38 bits per heavy atom. The smallest absolute Gasteiger partial charge is 0.126 e. The Kier molecular flexibility index (Phi) is 6.85. The topological polar surface area (TPSA) is 9.23 Å². The molecule has 16 heavy (non-hydrogen) atoms. The molecule has 0 fully saturated rings. The normalized spacial score (nSPS) is 10.5. The molecule has 0 bridgehead atoms. The summed E-state index contributed by atoms with van der Waals surface area (Å²) in [6, 6.07) is 4.19. The number of thioether (sulfide) groups is 1. The molecule has 0 amide bonds. The zero-order valence-corrected chi connectivity index (χ0v) is 13.5. The second-order valence-electron chi connectivity index (χ2n) is 3.39. The van der Waals surface area contributed by atoms with E-state index in [1.54, 1.807) is 0 Å². The van der Waals surface area contributed by atoms with E-state index >= 15 is 0 Å². The van der Waals surface area contributed by atoms with Gasteiger partial charge in [-0.15, -0.1) is 0 Å². The van der Waals surface area contributed by atoms with Gasteiger partial charge in [0.15, 0.2) is 0 Å². The highest BCUT2D eigenvalue weighted by Crippen LogP contribution is 2.29. The quantitative estimate of drug-likeness (QED) is 0.528. The molecule has 0 atom stereocenters. The summed E-state index contributed by atoms with van der Waals surface area (Å²) in [6.07, 6.45) is 0. The lowest BCUT2D eigenvalue weighted by Gasteiger charge is -2.13. The Bertz CT molecular complexity index is 342. The number of alkyl halides is 1. The van der Waals surface area contributed by atoms with Crippen molar-refractivity contribution in [1.82, 2.24) is 0 Å². The van der Waals surface area contributed by atoms with E-state index in [4.69, 9.17) is 4.74 Å². The lowest BCUT2D eigenvalue weighted by atomic mass is 10.1. The van der Waals surface area contributed by atoms with Gasteiger partial charge in [0.05, 0.1) is 6.61 Å². The van der Waals surface area contributed by atoms with Crippen molar-refractivity contribution in [2.45, 2.75) is 19.2 Å². The number of rotatable bonds is 6. The summed E-state index contributed by atoms with van der Waals surface area (Å²) in [5, 5.41) is 0.823. The van der Waals surface area contributed by atoms with Crippen LogP contribution in [0, 0.1) is 6.92 Å². The summed E-state index contributed by atoms with van der Waals surface area (Å²) in [5.74, 6) is 3.22. The van der Waals surface area contributed by atoms with Crippen molar-refractivity contribution < 1.29 is 4.74 Å². The van der Waals surface area contributed by atoms with Gasteiger partial charge in [0, 0.05) is 21.1 Å². The first kappa shape index (κ1) is 14.4. The van der Waals surface area contributed by atoms with E-state index < -0.39 is 0 Å². The Morgan fingerprint density at radius 3 is 2.75 bits per heavy atom. The molecule has 0 aromatic heterocycles. The van der Waals surface area contributed by atoms with Crippen LogP contribution < -0.4 is 4.74 Å². The molecule has 0 aliphatic rings. The van der Waals surface area contributed by atoms with Crippen LogP contribution in [0.3, 0.4) is 0 Å². The van der Waals surface area contributed by atoms with Crippen LogP contribution in [0.1, 0.15) is 18.1 Å². The predicted molar refractivity (Wildman–Crippen MR) is 80.0 cm³/mol. The minimum Gasteiger partial charge on any atom is -0.492 e. The number of aryl methyl sites for hydroxylation is 1. The fraction of sp³-hybridized carbons (Fsp3) is 0.500. The molecule has 0 heterocycles. The average Bonchev–Trinajstić information content (AvgIpc) is 2.26. The SMILES string of the molecule is CCSCCOc1c(C)cc(Br)cc1CBr. The van der Waals surface area contributed by atoms with Crippen LogP contribution in [0.15, 0.2) is 16.6 Å². The van der Waals surface area contributed by atoms with Gasteiger partial charge in [-0.25, -0.2) is 0 Å². The van der Waals surface area contributed by atoms with Crippen LogP contribution in [-0.2, 0) is 5.33 Å². The van der Waals surface area contributed by atoms with Gasteiger partial charge >= 0.3 is 0 Å². The Labute approximate surface area is 119 Å². The molecule has 90 valence electrons. The summed E-state index contributed by atoms with van der Waals surface area (Å²) < 4.78 is 6.95. The summed E-state index contributed by atoms with van der Waals surface area (Å²) >= 11 is 8.90. The first-order valence-corrected chi connectivity index (χ1v) is 8.31. The number of ether oxygens (including phenoxy) is 1. The Hall–Kier alpha value is 0.330. The van der Waals surface area contributed by atoms with E-state index in [0.717, 1.165) is 33.7 Å². The van der Waals surface area contributed by atoms with Gasteiger partial charge < -0.3 is 4.74 Å². The van der Waals surface area contributed by atoms with Gasteiger partial charge in [0.2, 0.25) is 0 Å². The van der Waals surface area contributed by atoms with Gasteiger partial charge in [-0.2, -0.15) is 11.8 Å². The average molecular weight is 368 g/mol. The molecular weight excluding hydrogens is 352 g/mol. The van der Waals surface area contributed by atoms with E-state index in [9.17, 15) is 0 Å². The van der Waals surface area contributed by atoms with E-state index in [0.29, 0.717) is 0 Å². The lowest BCUT2D eigenvalue weighted by Crippen LogP contribution is -2.04. The third-order valence-electron chi connectivity index (χ3n) is 2.14. The fourth-order valence-electron chi connectivity index (χ4n) is 1.45. The zero-order valence-electron chi connectivity index (χ0n) is 9.56. The highest BCUT2D eigenvalue weighted by atomic mass is 79.9. The van der Waals surface area contributed by atoms with Crippen molar-refractivity contribution in [2.24, 2.45) is 0 Å². The van der Waals surface area contributed by atoms with Crippen molar-refractivity contribution in [1.29, 1.82) is 0 Å². The van der Waals surface area contributed by atoms with Crippen molar-refractivity contribution in [3.05, 3.63) is 27.7 Å². The molecule has 0 N–H and O–H groups in total. The van der Waals surface area contributed by atoms with Crippen LogP contribution >= 0.6 is 43.6 Å². The van der Waals surface area contributed by atoms with Crippen LogP contribution in [0.5, 0.6) is 5.75 Å². The first-order valence-electron chi connectivity index (χ1n) is 5.24. The van der Waals surface area contributed by atoms with E-state index in [1.807, 2.05) is 11.8 Å². The minimum absolute atomic E-state index is 0.779. The molecule has 1 aromatic carbocycles. The standard InChI is InChI=1S/C12H16Br2OS/c1-3-16-5-4-15-12-9(2)6-11(14)7-10(12)8-13/h6-7H,3-5,8H2,1-2H3. The molecule has 0 saturated heterocycles. The lowest BCUT2D eigenvalue weighted by molar-refractivity contribution is 0.339. The number of halogens is 2. The molecule has 0 aliphatic heterocycles. The van der Waals surface area contributed by atoms with Crippen molar-refractivity contribution in [3.8, 4) is 5.75 Å². The number of benzene rings is 1. The number of hydrogen-bond acceptors (Lipinski definition) is 2. The Morgan fingerprint density at radius 2 is 2.12 bits per heavy atom. The van der Waals surface area contributed by atoms with Gasteiger partial charge in [-0.1, -0.05) is 38.8 Å². The largest absolute Gasteiger partial charge is 0.492 e. The second kappa shape index (κ2) is 7.62. The minimum atomic E-state index is 0.779. The van der Waals surface area contributed by atoms with Gasteiger partial charge in [0.1, 0.15) is 5.75 Å². The summed E-state index contributed by atoms with van der Waals surface area (Å²) in [6.45, 7) is 5.03. The zero-order chi connectivity index (χ0) is 12.0. The predicted octanol–water partition coefficient (Wildman–Crippen LogP) is 4.78. The van der Waals surface area contributed by atoms with Crippen LogP contribution in [-0.4, -0.2) is 18.1 Å². The van der Waals surface area contributed by atoms with E-state index in [2.05, 4.69) is 57.8 Å². The maximum Gasteiger partial charge on any atom is 0.126 e. The molecule has 0 spiro atoms.